The number of hydrogen-bond donors (Lipinski definition) is 1. The van der Waals surface area contributed by atoms with Crippen molar-refractivity contribution >= 4 is 11.0 Å². The number of ether oxygens (including phenoxy) is 1. The van der Waals surface area contributed by atoms with Gasteiger partial charge in [0.05, 0.1) is 18.1 Å². The first-order valence-electron chi connectivity index (χ1n) is 7.39. The van der Waals surface area contributed by atoms with Crippen LogP contribution in [0.5, 0.6) is 5.75 Å². The molecule has 0 unspecified atom stereocenters. The molecule has 0 saturated heterocycles. The van der Waals surface area contributed by atoms with E-state index in [-0.39, 0.29) is 0 Å². The Morgan fingerprint density at radius 1 is 1.35 bits per heavy atom. The third-order valence-electron chi connectivity index (χ3n) is 3.36. The van der Waals surface area contributed by atoms with E-state index in [0.717, 1.165) is 43.1 Å². The lowest BCUT2D eigenvalue weighted by Gasteiger charge is -2.12. The summed E-state index contributed by atoms with van der Waals surface area (Å²) < 4.78 is 7.63. The number of aromatic nitrogens is 2. The van der Waals surface area contributed by atoms with E-state index in [1.54, 1.807) is 7.11 Å². The zero-order valence-electron chi connectivity index (χ0n) is 12.9. The third kappa shape index (κ3) is 3.31. The molecule has 4 nitrogen and oxygen atoms in total. The maximum atomic E-state index is 5.29. The average Bonchev–Trinajstić information content (AvgIpc) is 2.76. The van der Waals surface area contributed by atoms with Crippen LogP contribution < -0.4 is 10.1 Å². The Kier molecular flexibility index (Phi) is 5.01. The van der Waals surface area contributed by atoms with Crippen molar-refractivity contribution in [2.75, 3.05) is 20.2 Å². The SMILES string of the molecule is CCNCCc1nc2cc(OC)ccc2n1CC(C)C. The summed E-state index contributed by atoms with van der Waals surface area (Å²) in [5.41, 5.74) is 2.22. The van der Waals surface area contributed by atoms with Gasteiger partial charge < -0.3 is 14.6 Å². The number of benzene rings is 1. The Labute approximate surface area is 121 Å². The second kappa shape index (κ2) is 6.75. The van der Waals surface area contributed by atoms with Crippen LogP contribution in [-0.4, -0.2) is 29.8 Å². The van der Waals surface area contributed by atoms with Crippen LogP contribution in [0.2, 0.25) is 0 Å². The summed E-state index contributed by atoms with van der Waals surface area (Å²) in [5, 5.41) is 3.37. The van der Waals surface area contributed by atoms with Gasteiger partial charge in [0.2, 0.25) is 0 Å². The van der Waals surface area contributed by atoms with Crippen molar-refractivity contribution in [3.8, 4) is 5.75 Å². The number of nitrogens with one attached hydrogen (secondary N) is 1. The summed E-state index contributed by atoms with van der Waals surface area (Å²) in [6.45, 7) is 9.58. The van der Waals surface area contributed by atoms with Gasteiger partial charge in [0, 0.05) is 25.6 Å². The molecule has 1 aromatic heterocycles. The van der Waals surface area contributed by atoms with E-state index in [1.165, 1.54) is 5.52 Å². The average molecular weight is 275 g/mol. The highest BCUT2D eigenvalue weighted by Gasteiger charge is 2.12. The Morgan fingerprint density at radius 2 is 2.15 bits per heavy atom. The molecule has 0 amide bonds. The summed E-state index contributed by atoms with van der Waals surface area (Å²) in [7, 11) is 1.69. The smallest absolute Gasteiger partial charge is 0.121 e. The number of hydrogen-bond acceptors (Lipinski definition) is 3. The van der Waals surface area contributed by atoms with Crippen molar-refractivity contribution in [2.24, 2.45) is 5.92 Å². The van der Waals surface area contributed by atoms with E-state index >= 15 is 0 Å². The molecule has 1 aromatic carbocycles. The highest BCUT2D eigenvalue weighted by atomic mass is 16.5. The van der Waals surface area contributed by atoms with Gasteiger partial charge in [0.1, 0.15) is 11.6 Å². The van der Waals surface area contributed by atoms with E-state index in [0.29, 0.717) is 5.92 Å². The lowest BCUT2D eigenvalue weighted by Crippen LogP contribution is -2.19. The summed E-state index contributed by atoms with van der Waals surface area (Å²) in [4.78, 5) is 4.79. The van der Waals surface area contributed by atoms with Gasteiger partial charge in [-0.25, -0.2) is 4.98 Å². The summed E-state index contributed by atoms with van der Waals surface area (Å²) in [6, 6.07) is 6.14. The maximum Gasteiger partial charge on any atom is 0.121 e. The highest BCUT2D eigenvalue weighted by Crippen LogP contribution is 2.23. The molecule has 0 fully saturated rings. The lowest BCUT2D eigenvalue weighted by molar-refractivity contribution is 0.415. The van der Waals surface area contributed by atoms with Crippen LogP contribution in [0.4, 0.5) is 0 Å². The van der Waals surface area contributed by atoms with Gasteiger partial charge in [0.25, 0.3) is 0 Å². The second-order valence-corrected chi connectivity index (χ2v) is 5.49. The predicted molar refractivity (Wildman–Crippen MR) is 83.4 cm³/mol. The van der Waals surface area contributed by atoms with E-state index in [1.807, 2.05) is 12.1 Å². The first-order valence-corrected chi connectivity index (χ1v) is 7.39. The minimum Gasteiger partial charge on any atom is -0.497 e. The molecule has 2 rings (SSSR count). The van der Waals surface area contributed by atoms with Crippen LogP contribution in [0.25, 0.3) is 11.0 Å². The number of rotatable bonds is 7. The van der Waals surface area contributed by atoms with E-state index in [9.17, 15) is 0 Å². The lowest BCUT2D eigenvalue weighted by atomic mass is 10.2. The number of methoxy groups -OCH3 is 1. The molecule has 20 heavy (non-hydrogen) atoms. The summed E-state index contributed by atoms with van der Waals surface area (Å²) >= 11 is 0. The standard InChI is InChI=1S/C16H25N3O/c1-5-17-9-8-16-18-14-10-13(20-4)6-7-15(14)19(16)11-12(2)3/h6-7,10,12,17H,5,8-9,11H2,1-4H3. The molecule has 4 heteroatoms. The molecule has 0 aliphatic rings. The second-order valence-electron chi connectivity index (χ2n) is 5.49. The van der Waals surface area contributed by atoms with Crippen molar-refractivity contribution < 1.29 is 4.74 Å². The fourth-order valence-corrected chi connectivity index (χ4v) is 2.42. The molecule has 0 bridgehead atoms. The van der Waals surface area contributed by atoms with Crippen molar-refractivity contribution in [1.29, 1.82) is 0 Å². The molecule has 1 N–H and O–H groups in total. The number of imidazole rings is 1. The molecule has 0 aliphatic carbocycles. The fourth-order valence-electron chi connectivity index (χ4n) is 2.42. The first-order chi connectivity index (χ1) is 9.65. The topological polar surface area (TPSA) is 39.1 Å². The van der Waals surface area contributed by atoms with Crippen LogP contribution in [0, 0.1) is 5.92 Å². The van der Waals surface area contributed by atoms with E-state index < -0.39 is 0 Å². The highest BCUT2D eigenvalue weighted by molar-refractivity contribution is 5.77. The normalized spacial score (nSPS) is 11.4. The van der Waals surface area contributed by atoms with Crippen LogP contribution >= 0.6 is 0 Å². The first kappa shape index (κ1) is 14.9. The molecule has 1 heterocycles. The summed E-state index contributed by atoms with van der Waals surface area (Å²) in [6.07, 6.45) is 0.956. The Balaban J connectivity index is 2.36. The number of likely N-dealkylation sites (N-methyl/N-ethyl adjacent to an activating group) is 1. The predicted octanol–water partition coefficient (Wildman–Crippen LogP) is 2.85. The molecule has 0 radical (unpaired) electrons. The van der Waals surface area contributed by atoms with Gasteiger partial charge in [-0.15, -0.1) is 0 Å². The van der Waals surface area contributed by atoms with Gasteiger partial charge in [-0.3, -0.25) is 0 Å². The molecule has 0 aliphatic heterocycles. The monoisotopic (exact) mass is 275 g/mol. The Hall–Kier alpha value is -1.55. The molecular weight excluding hydrogens is 250 g/mol. The summed E-state index contributed by atoms with van der Waals surface area (Å²) in [5.74, 6) is 2.63. The number of fused-ring (bicyclic) bond motifs is 1. The Bertz CT molecular complexity index is 560. The third-order valence-corrected chi connectivity index (χ3v) is 3.36. The zero-order valence-corrected chi connectivity index (χ0v) is 12.9. The zero-order chi connectivity index (χ0) is 14.5. The molecule has 0 atom stereocenters. The van der Waals surface area contributed by atoms with E-state index in [4.69, 9.17) is 9.72 Å². The van der Waals surface area contributed by atoms with Gasteiger partial charge in [0.15, 0.2) is 0 Å². The molecular formula is C16H25N3O. The molecule has 110 valence electrons. The van der Waals surface area contributed by atoms with Crippen molar-refractivity contribution in [1.82, 2.24) is 14.9 Å². The van der Waals surface area contributed by atoms with Gasteiger partial charge in [-0.2, -0.15) is 0 Å². The Morgan fingerprint density at radius 3 is 2.80 bits per heavy atom. The van der Waals surface area contributed by atoms with Crippen LogP contribution in [-0.2, 0) is 13.0 Å². The van der Waals surface area contributed by atoms with Crippen molar-refractivity contribution in [2.45, 2.75) is 33.7 Å². The number of nitrogens with zero attached hydrogens (tertiary/aromatic N) is 2. The fraction of sp³-hybridized carbons (Fsp3) is 0.562. The van der Waals surface area contributed by atoms with Crippen LogP contribution in [0.15, 0.2) is 18.2 Å². The van der Waals surface area contributed by atoms with Crippen LogP contribution in [0.1, 0.15) is 26.6 Å². The van der Waals surface area contributed by atoms with Gasteiger partial charge in [-0.1, -0.05) is 20.8 Å². The molecule has 0 saturated carbocycles. The van der Waals surface area contributed by atoms with Gasteiger partial charge >= 0.3 is 0 Å². The van der Waals surface area contributed by atoms with E-state index in [2.05, 4.69) is 36.7 Å². The molecule has 0 spiro atoms. The van der Waals surface area contributed by atoms with Gasteiger partial charge in [-0.05, 0) is 24.6 Å². The van der Waals surface area contributed by atoms with Crippen molar-refractivity contribution in [3.05, 3.63) is 24.0 Å². The minimum atomic E-state index is 0.604. The quantitative estimate of drug-likeness (QED) is 0.790. The largest absolute Gasteiger partial charge is 0.497 e. The maximum absolute atomic E-state index is 5.29. The molecule has 2 aromatic rings. The van der Waals surface area contributed by atoms with Crippen molar-refractivity contribution in [3.63, 3.8) is 0 Å². The van der Waals surface area contributed by atoms with Crippen LogP contribution in [0.3, 0.4) is 0 Å². The minimum absolute atomic E-state index is 0.604.